The van der Waals surface area contributed by atoms with Crippen molar-refractivity contribution >= 4 is 10.0 Å². The Kier molecular flexibility index (Phi) is 3.05. The highest BCUT2D eigenvalue weighted by molar-refractivity contribution is 7.89. The first-order valence-corrected chi connectivity index (χ1v) is 7.77. The summed E-state index contributed by atoms with van der Waals surface area (Å²) in [6, 6.07) is 0.508. The molecule has 2 saturated heterocycles. The fourth-order valence-corrected chi connectivity index (χ4v) is 5.05. The minimum Gasteiger partial charge on any atom is -0.298 e. The number of hydrogen-bond donors (Lipinski definition) is 0. The van der Waals surface area contributed by atoms with Crippen LogP contribution in [0.3, 0.4) is 0 Å². The first-order chi connectivity index (χ1) is 7.41. The van der Waals surface area contributed by atoms with Gasteiger partial charge in [0.2, 0.25) is 10.0 Å². The fraction of sp³-hybridized carbons (Fsp3) is 1.00. The van der Waals surface area contributed by atoms with E-state index >= 15 is 0 Å². The van der Waals surface area contributed by atoms with Gasteiger partial charge in [-0.25, -0.2) is 8.42 Å². The van der Waals surface area contributed by atoms with Crippen molar-refractivity contribution in [3.05, 3.63) is 0 Å². The summed E-state index contributed by atoms with van der Waals surface area (Å²) in [5, 5.41) is 0. The molecule has 0 aromatic carbocycles. The van der Waals surface area contributed by atoms with Crippen molar-refractivity contribution in [1.82, 2.24) is 9.21 Å². The lowest BCUT2D eigenvalue weighted by Crippen LogP contribution is -2.61. The van der Waals surface area contributed by atoms with Crippen molar-refractivity contribution in [2.45, 2.75) is 45.2 Å². The Balaban J connectivity index is 2.26. The zero-order valence-corrected chi connectivity index (χ0v) is 11.3. The summed E-state index contributed by atoms with van der Waals surface area (Å²) in [7, 11) is -2.96. The van der Waals surface area contributed by atoms with Crippen LogP contribution in [0.2, 0.25) is 0 Å². The molecule has 0 bridgehead atoms. The Morgan fingerprint density at radius 3 is 2.56 bits per heavy atom. The van der Waals surface area contributed by atoms with E-state index in [2.05, 4.69) is 25.7 Å². The van der Waals surface area contributed by atoms with Gasteiger partial charge in [-0.2, -0.15) is 4.31 Å². The molecule has 2 aliphatic rings. The lowest BCUT2D eigenvalue weighted by atomic mass is 9.90. The van der Waals surface area contributed by atoms with Crippen molar-refractivity contribution in [3.8, 4) is 0 Å². The van der Waals surface area contributed by atoms with Crippen molar-refractivity contribution in [3.63, 3.8) is 0 Å². The van der Waals surface area contributed by atoms with Crippen LogP contribution < -0.4 is 0 Å². The SMILES string of the molecule is CCC12CCS(=O)(=O)N1CCN(C(C)C)C2. The molecular weight excluding hydrogens is 224 g/mol. The number of nitrogens with zero attached hydrogens (tertiary/aromatic N) is 2. The first-order valence-electron chi connectivity index (χ1n) is 6.16. The third-order valence-corrected chi connectivity index (χ3v) is 6.13. The molecule has 2 fully saturated rings. The van der Waals surface area contributed by atoms with Gasteiger partial charge in [0.15, 0.2) is 0 Å². The van der Waals surface area contributed by atoms with Crippen molar-refractivity contribution in [2.24, 2.45) is 0 Å². The Bertz CT molecular complexity index is 366. The molecule has 0 aliphatic carbocycles. The van der Waals surface area contributed by atoms with Crippen LogP contribution in [-0.4, -0.2) is 54.6 Å². The van der Waals surface area contributed by atoms with Gasteiger partial charge in [0.25, 0.3) is 0 Å². The summed E-state index contributed by atoms with van der Waals surface area (Å²) < 4.78 is 25.7. The maximum Gasteiger partial charge on any atom is 0.214 e. The van der Waals surface area contributed by atoms with E-state index in [-0.39, 0.29) is 5.54 Å². The van der Waals surface area contributed by atoms with Crippen molar-refractivity contribution in [2.75, 3.05) is 25.4 Å². The fourth-order valence-electron chi connectivity index (χ4n) is 2.97. The zero-order chi connectivity index (χ0) is 12.0. The van der Waals surface area contributed by atoms with E-state index in [0.29, 0.717) is 18.3 Å². The van der Waals surface area contributed by atoms with E-state index in [0.717, 1.165) is 25.9 Å². The molecular formula is C11H22N2O2S. The van der Waals surface area contributed by atoms with Gasteiger partial charge in [-0.1, -0.05) is 6.92 Å². The lowest BCUT2D eigenvalue weighted by Gasteiger charge is -2.46. The molecule has 2 heterocycles. The smallest absolute Gasteiger partial charge is 0.214 e. The van der Waals surface area contributed by atoms with Gasteiger partial charge < -0.3 is 0 Å². The maximum atomic E-state index is 11.9. The third kappa shape index (κ3) is 1.79. The minimum absolute atomic E-state index is 0.110. The average molecular weight is 246 g/mol. The monoisotopic (exact) mass is 246 g/mol. The highest BCUT2D eigenvalue weighted by atomic mass is 32.2. The number of fused-ring (bicyclic) bond motifs is 1. The van der Waals surface area contributed by atoms with Crippen molar-refractivity contribution < 1.29 is 8.42 Å². The molecule has 5 heteroatoms. The molecule has 94 valence electrons. The molecule has 0 amide bonds. The summed E-state index contributed by atoms with van der Waals surface area (Å²) >= 11 is 0. The molecule has 4 nitrogen and oxygen atoms in total. The minimum atomic E-state index is -2.96. The highest BCUT2D eigenvalue weighted by Gasteiger charge is 2.51. The molecule has 0 saturated carbocycles. The second-order valence-corrected chi connectivity index (χ2v) is 7.29. The Morgan fingerprint density at radius 1 is 1.31 bits per heavy atom. The number of hydrogen-bond acceptors (Lipinski definition) is 3. The van der Waals surface area contributed by atoms with Gasteiger partial charge in [-0.3, -0.25) is 4.90 Å². The van der Waals surface area contributed by atoms with Gasteiger partial charge in [0.05, 0.1) is 5.75 Å². The van der Waals surface area contributed by atoms with Crippen molar-refractivity contribution in [1.29, 1.82) is 0 Å². The Labute approximate surface area is 98.7 Å². The van der Waals surface area contributed by atoms with Gasteiger partial charge in [-0.15, -0.1) is 0 Å². The highest BCUT2D eigenvalue weighted by Crippen LogP contribution is 2.38. The van der Waals surface area contributed by atoms with Crippen LogP contribution in [-0.2, 0) is 10.0 Å². The summed E-state index contributed by atoms with van der Waals surface area (Å²) in [5.41, 5.74) is -0.110. The van der Waals surface area contributed by atoms with Gasteiger partial charge in [0.1, 0.15) is 0 Å². The summed E-state index contributed by atoms with van der Waals surface area (Å²) in [6.07, 6.45) is 1.73. The second-order valence-electron chi connectivity index (χ2n) is 5.28. The quantitative estimate of drug-likeness (QED) is 0.727. The Morgan fingerprint density at radius 2 is 2.00 bits per heavy atom. The summed E-state index contributed by atoms with van der Waals surface area (Å²) in [5.74, 6) is 0.340. The van der Waals surface area contributed by atoms with E-state index < -0.39 is 10.0 Å². The summed E-state index contributed by atoms with van der Waals surface area (Å²) in [4.78, 5) is 2.40. The number of piperazine rings is 1. The van der Waals surface area contributed by atoms with Gasteiger partial charge in [-0.05, 0) is 26.7 Å². The molecule has 0 N–H and O–H groups in total. The van der Waals surface area contributed by atoms with Crippen LogP contribution in [0.15, 0.2) is 0 Å². The lowest BCUT2D eigenvalue weighted by molar-refractivity contribution is 0.0451. The number of sulfonamides is 1. The molecule has 0 spiro atoms. The van der Waals surface area contributed by atoms with Crippen LogP contribution in [0.1, 0.15) is 33.6 Å². The standard InChI is InChI=1S/C11H22N2O2S/c1-4-11-5-8-16(14,15)13(11)7-6-12(9-11)10(2)3/h10H,4-9H2,1-3H3. The number of rotatable bonds is 2. The van der Waals surface area contributed by atoms with Crippen LogP contribution in [0, 0.1) is 0 Å². The van der Waals surface area contributed by atoms with Crippen LogP contribution in [0.5, 0.6) is 0 Å². The maximum absolute atomic E-state index is 11.9. The topological polar surface area (TPSA) is 40.6 Å². The van der Waals surface area contributed by atoms with Gasteiger partial charge >= 0.3 is 0 Å². The molecule has 1 atom stereocenters. The van der Waals surface area contributed by atoms with Crippen LogP contribution >= 0.6 is 0 Å². The van der Waals surface area contributed by atoms with E-state index in [4.69, 9.17) is 0 Å². The first kappa shape index (κ1) is 12.3. The predicted molar refractivity (Wildman–Crippen MR) is 64.8 cm³/mol. The molecule has 0 aromatic heterocycles. The Hall–Kier alpha value is -0.130. The normalized spacial score (nSPS) is 35.5. The molecule has 16 heavy (non-hydrogen) atoms. The zero-order valence-electron chi connectivity index (χ0n) is 10.4. The predicted octanol–water partition coefficient (Wildman–Crippen LogP) is 0.895. The van der Waals surface area contributed by atoms with E-state index in [1.165, 1.54) is 0 Å². The molecule has 1 unspecified atom stereocenters. The van der Waals surface area contributed by atoms with Crippen LogP contribution in [0.4, 0.5) is 0 Å². The molecule has 2 rings (SSSR count). The molecule has 0 aromatic rings. The van der Waals surface area contributed by atoms with E-state index in [9.17, 15) is 8.42 Å². The molecule has 0 radical (unpaired) electrons. The molecule has 2 aliphatic heterocycles. The second kappa shape index (κ2) is 3.96. The average Bonchev–Trinajstić information content (AvgIpc) is 2.52. The van der Waals surface area contributed by atoms with E-state index in [1.54, 1.807) is 4.31 Å². The van der Waals surface area contributed by atoms with E-state index in [1.807, 2.05) is 0 Å². The van der Waals surface area contributed by atoms with Crippen LogP contribution in [0.25, 0.3) is 0 Å². The van der Waals surface area contributed by atoms with Gasteiger partial charge in [0, 0.05) is 31.2 Å². The summed E-state index contributed by atoms with van der Waals surface area (Å²) in [6.45, 7) is 8.93. The third-order valence-electron chi connectivity index (χ3n) is 4.17. The largest absolute Gasteiger partial charge is 0.298 e.